The van der Waals surface area contributed by atoms with E-state index in [4.69, 9.17) is 9.16 Å². The van der Waals surface area contributed by atoms with E-state index in [-0.39, 0.29) is 11.2 Å². The quantitative estimate of drug-likeness (QED) is 0.497. The second kappa shape index (κ2) is 4.57. The first kappa shape index (κ1) is 10.5. The third-order valence-corrected chi connectivity index (χ3v) is 3.83. The van der Waals surface area contributed by atoms with Crippen LogP contribution in [0.25, 0.3) is 0 Å². The molecule has 1 fully saturated rings. The van der Waals surface area contributed by atoms with Crippen LogP contribution in [0.3, 0.4) is 0 Å². The van der Waals surface area contributed by atoms with Crippen LogP contribution in [0.15, 0.2) is 12.7 Å². The lowest BCUT2D eigenvalue weighted by Gasteiger charge is -2.32. The SMILES string of the molecule is C=CC(=O)O[SiH2]C1(C)CCCCO1. The molecule has 1 aliphatic rings. The van der Waals surface area contributed by atoms with Crippen LogP contribution in [-0.2, 0) is 14.0 Å². The highest BCUT2D eigenvalue weighted by atomic mass is 28.2. The van der Waals surface area contributed by atoms with Crippen molar-refractivity contribution < 1.29 is 14.0 Å². The van der Waals surface area contributed by atoms with Gasteiger partial charge in [0, 0.05) is 12.7 Å². The zero-order chi connectivity index (χ0) is 9.73. The Morgan fingerprint density at radius 2 is 2.46 bits per heavy atom. The normalized spacial score (nSPS) is 29.0. The van der Waals surface area contributed by atoms with Gasteiger partial charge in [-0.15, -0.1) is 0 Å². The summed E-state index contributed by atoms with van der Waals surface area (Å²) in [5.41, 5.74) is 0. The fraction of sp³-hybridized carbons (Fsp3) is 0.667. The van der Waals surface area contributed by atoms with Crippen molar-refractivity contribution in [2.24, 2.45) is 0 Å². The topological polar surface area (TPSA) is 35.5 Å². The van der Waals surface area contributed by atoms with Gasteiger partial charge in [0.1, 0.15) is 0 Å². The van der Waals surface area contributed by atoms with E-state index in [1.54, 1.807) is 0 Å². The molecule has 1 aliphatic heterocycles. The van der Waals surface area contributed by atoms with Gasteiger partial charge in [0.05, 0.1) is 5.22 Å². The van der Waals surface area contributed by atoms with Gasteiger partial charge in [-0.1, -0.05) is 6.58 Å². The third-order valence-electron chi connectivity index (χ3n) is 2.24. The van der Waals surface area contributed by atoms with Gasteiger partial charge in [-0.05, 0) is 26.2 Å². The lowest BCUT2D eigenvalue weighted by Crippen LogP contribution is -2.41. The van der Waals surface area contributed by atoms with Crippen molar-refractivity contribution in [3.8, 4) is 0 Å². The first-order valence-electron chi connectivity index (χ1n) is 4.59. The van der Waals surface area contributed by atoms with E-state index >= 15 is 0 Å². The molecule has 1 rings (SSSR count). The predicted octanol–water partition coefficient (Wildman–Crippen LogP) is 0.716. The highest BCUT2D eigenvalue weighted by molar-refractivity contribution is 6.35. The van der Waals surface area contributed by atoms with Crippen LogP contribution >= 0.6 is 0 Å². The van der Waals surface area contributed by atoms with Crippen LogP contribution in [0, 0.1) is 0 Å². The molecular weight excluding hydrogens is 184 g/mol. The van der Waals surface area contributed by atoms with E-state index in [0.29, 0.717) is 0 Å². The average Bonchev–Trinajstić information content (AvgIpc) is 2.15. The highest BCUT2D eigenvalue weighted by Crippen LogP contribution is 2.23. The second-order valence-electron chi connectivity index (χ2n) is 3.57. The summed E-state index contributed by atoms with van der Waals surface area (Å²) in [6.45, 7) is 6.19. The lowest BCUT2D eigenvalue weighted by molar-refractivity contribution is -0.130. The molecule has 0 aromatic rings. The molecule has 0 spiro atoms. The van der Waals surface area contributed by atoms with Crippen LogP contribution in [0.5, 0.6) is 0 Å². The van der Waals surface area contributed by atoms with Crippen molar-refractivity contribution in [3.63, 3.8) is 0 Å². The van der Waals surface area contributed by atoms with Crippen LogP contribution in [0.4, 0.5) is 0 Å². The largest absolute Gasteiger partial charge is 0.519 e. The lowest BCUT2D eigenvalue weighted by atomic mass is 10.1. The molecule has 0 radical (unpaired) electrons. The Balaban J connectivity index is 2.32. The van der Waals surface area contributed by atoms with Gasteiger partial charge in [-0.3, -0.25) is 0 Å². The number of carbonyl (C=O) groups excluding carboxylic acids is 1. The van der Waals surface area contributed by atoms with Crippen molar-refractivity contribution in [3.05, 3.63) is 12.7 Å². The van der Waals surface area contributed by atoms with E-state index < -0.39 is 9.76 Å². The second-order valence-corrected chi connectivity index (χ2v) is 5.64. The van der Waals surface area contributed by atoms with Gasteiger partial charge in [0.2, 0.25) is 0 Å². The van der Waals surface area contributed by atoms with Crippen LogP contribution in [0.1, 0.15) is 26.2 Å². The molecule has 0 N–H and O–H groups in total. The fourth-order valence-electron chi connectivity index (χ4n) is 1.39. The van der Waals surface area contributed by atoms with E-state index in [1.165, 1.54) is 12.5 Å². The zero-order valence-electron chi connectivity index (χ0n) is 8.04. The molecule has 0 amide bonds. The summed E-state index contributed by atoms with van der Waals surface area (Å²) in [7, 11) is -0.932. The molecule has 74 valence electrons. The molecule has 1 unspecified atom stereocenters. The molecule has 1 saturated heterocycles. The van der Waals surface area contributed by atoms with E-state index in [9.17, 15) is 4.79 Å². The summed E-state index contributed by atoms with van der Waals surface area (Å²) in [5.74, 6) is -0.318. The summed E-state index contributed by atoms with van der Waals surface area (Å²) in [6, 6.07) is 0. The zero-order valence-corrected chi connectivity index (χ0v) is 9.46. The number of carbonyl (C=O) groups is 1. The van der Waals surface area contributed by atoms with Gasteiger partial charge in [-0.2, -0.15) is 0 Å². The number of hydrogen-bond acceptors (Lipinski definition) is 3. The Morgan fingerprint density at radius 1 is 1.69 bits per heavy atom. The molecule has 0 aliphatic carbocycles. The molecule has 1 heterocycles. The molecule has 0 saturated carbocycles. The van der Waals surface area contributed by atoms with Crippen LogP contribution in [-0.4, -0.2) is 27.6 Å². The van der Waals surface area contributed by atoms with Crippen LogP contribution in [0.2, 0.25) is 0 Å². The predicted molar refractivity (Wildman–Crippen MR) is 53.0 cm³/mol. The molecule has 0 aromatic carbocycles. The summed E-state index contributed by atoms with van der Waals surface area (Å²) < 4.78 is 10.7. The maximum atomic E-state index is 10.8. The van der Waals surface area contributed by atoms with E-state index in [0.717, 1.165) is 19.4 Å². The van der Waals surface area contributed by atoms with Crippen molar-refractivity contribution in [2.45, 2.75) is 31.4 Å². The number of ether oxygens (including phenoxy) is 1. The maximum Gasteiger partial charge on any atom is 0.316 e. The van der Waals surface area contributed by atoms with Gasteiger partial charge in [0.15, 0.2) is 0 Å². The molecular formula is C9H16O3Si. The monoisotopic (exact) mass is 200 g/mol. The van der Waals surface area contributed by atoms with Gasteiger partial charge in [-0.25, -0.2) is 4.79 Å². The third kappa shape index (κ3) is 3.32. The maximum absolute atomic E-state index is 10.8. The summed E-state index contributed by atoms with van der Waals surface area (Å²) in [4.78, 5) is 10.8. The minimum Gasteiger partial charge on any atom is -0.519 e. The smallest absolute Gasteiger partial charge is 0.316 e. The molecule has 0 aromatic heterocycles. The van der Waals surface area contributed by atoms with E-state index in [2.05, 4.69) is 6.58 Å². The Hall–Kier alpha value is -0.613. The number of hydrogen-bond donors (Lipinski definition) is 0. The highest BCUT2D eigenvalue weighted by Gasteiger charge is 2.30. The first-order chi connectivity index (χ1) is 6.16. The van der Waals surface area contributed by atoms with Crippen molar-refractivity contribution >= 4 is 15.7 Å². The van der Waals surface area contributed by atoms with Gasteiger partial charge in [0.25, 0.3) is 9.76 Å². The van der Waals surface area contributed by atoms with Crippen molar-refractivity contribution in [2.75, 3.05) is 6.61 Å². The molecule has 1 atom stereocenters. The Morgan fingerprint density at radius 3 is 3.00 bits per heavy atom. The molecule has 3 nitrogen and oxygen atoms in total. The van der Waals surface area contributed by atoms with Crippen LogP contribution < -0.4 is 0 Å². The molecule has 4 heteroatoms. The van der Waals surface area contributed by atoms with Gasteiger partial charge >= 0.3 is 5.97 Å². The standard InChI is InChI=1S/C9H16O3Si/c1-3-8(10)12-13-9(2)6-4-5-7-11-9/h3H,1,4-7,13H2,2H3. The average molecular weight is 200 g/mol. The minimum atomic E-state index is -0.932. The molecule has 0 bridgehead atoms. The minimum absolute atomic E-state index is 0.142. The Kier molecular flexibility index (Phi) is 3.68. The fourth-order valence-corrected chi connectivity index (χ4v) is 2.58. The molecule has 13 heavy (non-hydrogen) atoms. The van der Waals surface area contributed by atoms with Gasteiger partial charge < -0.3 is 9.16 Å². The Bertz CT molecular complexity index is 197. The van der Waals surface area contributed by atoms with E-state index in [1.807, 2.05) is 6.92 Å². The van der Waals surface area contributed by atoms with Crippen molar-refractivity contribution in [1.29, 1.82) is 0 Å². The summed E-state index contributed by atoms with van der Waals surface area (Å²) >= 11 is 0. The number of rotatable bonds is 3. The summed E-state index contributed by atoms with van der Waals surface area (Å²) in [6.07, 6.45) is 4.53. The summed E-state index contributed by atoms with van der Waals surface area (Å²) in [5, 5.41) is -0.142. The van der Waals surface area contributed by atoms with Crippen molar-refractivity contribution in [1.82, 2.24) is 0 Å². The Labute approximate surface area is 81.0 Å². The first-order valence-corrected chi connectivity index (χ1v) is 5.88.